The Bertz CT molecular complexity index is 673. The Kier molecular flexibility index (Phi) is 4.91. The van der Waals surface area contributed by atoms with Crippen molar-refractivity contribution in [3.05, 3.63) is 47.4 Å². The number of rotatable bonds is 4. The van der Waals surface area contributed by atoms with Gasteiger partial charge in [0.15, 0.2) is 0 Å². The molecule has 1 aromatic heterocycles. The van der Waals surface area contributed by atoms with Crippen LogP contribution in [0, 0.1) is 5.82 Å². The molecule has 1 aromatic carbocycles. The van der Waals surface area contributed by atoms with E-state index in [0.29, 0.717) is 5.95 Å². The van der Waals surface area contributed by atoms with Crippen LogP contribution >= 0.6 is 0 Å². The summed E-state index contributed by atoms with van der Waals surface area (Å²) in [5.41, 5.74) is 3.72. The highest BCUT2D eigenvalue weighted by molar-refractivity contribution is 5.74. The second-order valence-corrected chi connectivity index (χ2v) is 5.73. The Morgan fingerprint density at radius 2 is 1.73 bits per heavy atom. The second-order valence-electron chi connectivity index (χ2n) is 5.73. The lowest BCUT2D eigenvalue weighted by molar-refractivity contribution is 0.628. The fourth-order valence-electron chi connectivity index (χ4n) is 2.27. The van der Waals surface area contributed by atoms with Crippen LogP contribution in [0.5, 0.6) is 0 Å². The molecule has 0 amide bonds. The first-order valence-electron chi connectivity index (χ1n) is 7.42. The number of hydrogen-bond acceptors (Lipinski definition) is 3. The SMILES string of the molecule is CC=Cc1c(-c2ccc(F)cc2)nc(N(C)C)nc1C(C)C. The van der Waals surface area contributed by atoms with Crippen molar-refractivity contribution in [1.29, 1.82) is 0 Å². The maximum Gasteiger partial charge on any atom is 0.225 e. The number of allylic oxidation sites excluding steroid dienone is 1. The average molecular weight is 299 g/mol. The molecule has 0 saturated heterocycles. The van der Waals surface area contributed by atoms with Crippen molar-refractivity contribution in [2.75, 3.05) is 19.0 Å². The van der Waals surface area contributed by atoms with Gasteiger partial charge >= 0.3 is 0 Å². The summed E-state index contributed by atoms with van der Waals surface area (Å²) < 4.78 is 13.2. The molecule has 116 valence electrons. The van der Waals surface area contributed by atoms with Gasteiger partial charge in [0.2, 0.25) is 5.95 Å². The van der Waals surface area contributed by atoms with Crippen molar-refractivity contribution >= 4 is 12.0 Å². The molecule has 0 radical (unpaired) electrons. The highest BCUT2D eigenvalue weighted by Gasteiger charge is 2.17. The van der Waals surface area contributed by atoms with Crippen molar-refractivity contribution < 1.29 is 4.39 Å². The van der Waals surface area contributed by atoms with Crippen LogP contribution < -0.4 is 4.90 Å². The number of benzene rings is 1. The highest BCUT2D eigenvalue weighted by atomic mass is 19.1. The maximum atomic E-state index is 13.2. The van der Waals surface area contributed by atoms with Crippen molar-refractivity contribution in [2.24, 2.45) is 0 Å². The molecule has 0 aliphatic heterocycles. The van der Waals surface area contributed by atoms with Gasteiger partial charge in [0.1, 0.15) is 5.82 Å². The van der Waals surface area contributed by atoms with E-state index in [1.54, 1.807) is 12.1 Å². The van der Waals surface area contributed by atoms with Gasteiger partial charge in [-0.2, -0.15) is 0 Å². The predicted octanol–water partition coefficient (Wildman–Crippen LogP) is 4.51. The van der Waals surface area contributed by atoms with Crippen molar-refractivity contribution in [3.8, 4) is 11.3 Å². The summed E-state index contributed by atoms with van der Waals surface area (Å²) in [4.78, 5) is 11.2. The molecule has 0 bridgehead atoms. The van der Waals surface area contributed by atoms with Gasteiger partial charge < -0.3 is 4.90 Å². The molecule has 0 N–H and O–H groups in total. The van der Waals surface area contributed by atoms with E-state index in [4.69, 9.17) is 0 Å². The Labute approximate surface area is 131 Å². The third-order valence-electron chi connectivity index (χ3n) is 3.36. The van der Waals surface area contributed by atoms with Crippen molar-refractivity contribution in [2.45, 2.75) is 26.7 Å². The minimum absolute atomic E-state index is 0.248. The zero-order chi connectivity index (χ0) is 16.3. The van der Waals surface area contributed by atoms with Crippen LogP contribution in [0.25, 0.3) is 17.3 Å². The normalized spacial score (nSPS) is 11.4. The molecule has 0 unspecified atom stereocenters. The number of nitrogens with zero attached hydrogens (tertiary/aromatic N) is 3. The predicted molar refractivity (Wildman–Crippen MR) is 90.6 cm³/mol. The number of aromatic nitrogens is 2. The minimum Gasteiger partial charge on any atom is -0.347 e. The van der Waals surface area contributed by atoms with E-state index in [9.17, 15) is 4.39 Å². The van der Waals surface area contributed by atoms with E-state index < -0.39 is 0 Å². The Hall–Kier alpha value is -2.23. The summed E-state index contributed by atoms with van der Waals surface area (Å²) in [5.74, 6) is 0.686. The first-order chi connectivity index (χ1) is 10.4. The monoisotopic (exact) mass is 299 g/mol. The molecule has 3 nitrogen and oxygen atoms in total. The molecule has 4 heteroatoms. The molecule has 0 spiro atoms. The maximum absolute atomic E-state index is 13.2. The summed E-state index contributed by atoms with van der Waals surface area (Å²) in [6.45, 7) is 6.20. The Balaban J connectivity index is 2.75. The third kappa shape index (κ3) is 3.32. The van der Waals surface area contributed by atoms with Crippen LogP contribution in [0.15, 0.2) is 30.3 Å². The van der Waals surface area contributed by atoms with E-state index in [2.05, 4.69) is 23.8 Å². The summed E-state index contributed by atoms with van der Waals surface area (Å²) in [7, 11) is 3.84. The first-order valence-corrected chi connectivity index (χ1v) is 7.42. The Morgan fingerprint density at radius 1 is 1.09 bits per heavy atom. The van der Waals surface area contributed by atoms with Crippen LogP contribution in [0.4, 0.5) is 10.3 Å². The lowest BCUT2D eigenvalue weighted by atomic mass is 9.98. The summed E-state index contributed by atoms with van der Waals surface area (Å²) in [6.07, 6.45) is 4.00. The van der Waals surface area contributed by atoms with E-state index >= 15 is 0 Å². The average Bonchev–Trinajstić information content (AvgIpc) is 2.48. The van der Waals surface area contributed by atoms with Gasteiger partial charge in [-0.25, -0.2) is 14.4 Å². The fraction of sp³-hybridized carbons (Fsp3) is 0.333. The lowest BCUT2D eigenvalue weighted by Crippen LogP contribution is -2.16. The fourth-order valence-corrected chi connectivity index (χ4v) is 2.27. The first kappa shape index (κ1) is 16.1. The molecule has 1 heterocycles. The lowest BCUT2D eigenvalue weighted by Gasteiger charge is -2.18. The third-order valence-corrected chi connectivity index (χ3v) is 3.36. The van der Waals surface area contributed by atoms with Crippen LogP contribution in [0.3, 0.4) is 0 Å². The van der Waals surface area contributed by atoms with Gasteiger partial charge in [0.05, 0.1) is 11.4 Å². The van der Waals surface area contributed by atoms with Gasteiger partial charge in [-0.05, 0) is 37.1 Å². The molecule has 0 aliphatic rings. The van der Waals surface area contributed by atoms with Crippen LogP contribution in [0.2, 0.25) is 0 Å². The van der Waals surface area contributed by atoms with Gasteiger partial charge in [0, 0.05) is 25.2 Å². The largest absolute Gasteiger partial charge is 0.347 e. The van der Waals surface area contributed by atoms with E-state index in [1.165, 1.54) is 12.1 Å². The second kappa shape index (κ2) is 6.69. The van der Waals surface area contributed by atoms with Gasteiger partial charge in [-0.3, -0.25) is 0 Å². The molecule has 2 rings (SSSR count). The Morgan fingerprint density at radius 3 is 2.23 bits per heavy atom. The smallest absolute Gasteiger partial charge is 0.225 e. The van der Waals surface area contributed by atoms with Gasteiger partial charge in [-0.15, -0.1) is 0 Å². The molecule has 2 aromatic rings. The van der Waals surface area contributed by atoms with Gasteiger partial charge in [0.25, 0.3) is 0 Å². The molecule has 22 heavy (non-hydrogen) atoms. The van der Waals surface area contributed by atoms with E-state index in [-0.39, 0.29) is 11.7 Å². The number of hydrogen-bond donors (Lipinski definition) is 0. The molecular weight excluding hydrogens is 277 g/mol. The summed E-state index contributed by atoms with van der Waals surface area (Å²) >= 11 is 0. The minimum atomic E-state index is -0.248. The van der Waals surface area contributed by atoms with E-state index in [0.717, 1.165) is 22.5 Å². The standard InChI is InChI=1S/C18H22FN3/c1-6-7-15-16(12(2)3)20-18(22(4)5)21-17(15)13-8-10-14(19)11-9-13/h6-12H,1-5H3. The molecule has 0 atom stereocenters. The zero-order valence-corrected chi connectivity index (χ0v) is 13.8. The van der Waals surface area contributed by atoms with Crippen molar-refractivity contribution in [3.63, 3.8) is 0 Å². The van der Waals surface area contributed by atoms with Crippen LogP contribution in [-0.2, 0) is 0 Å². The quantitative estimate of drug-likeness (QED) is 0.832. The molecule has 0 saturated carbocycles. The number of anilines is 1. The molecular formula is C18H22FN3. The highest BCUT2D eigenvalue weighted by Crippen LogP contribution is 2.30. The van der Waals surface area contributed by atoms with Gasteiger partial charge in [-0.1, -0.05) is 26.0 Å². The van der Waals surface area contributed by atoms with Crippen molar-refractivity contribution in [1.82, 2.24) is 9.97 Å². The topological polar surface area (TPSA) is 29.0 Å². The van der Waals surface area contributed by atoms with Crippen LogP contribution in [-0.4, -0.2) is 24.1 Å². The number of halogens is 1. The van der Waals surface area contributed by atoms with E-state index in [1.807, 2.05) is 38.1 Å². The zero-order valence-electron chi connectivity index (χ0n) is 13.8. The summed E-state index contributed by atoms with van der Waals surface area (Å²) in [5, 5.41) is 0. The molecule has 0 aliphatic carbocycles. The summed E-state index contributed by atoms with van der Waals surface area (Å²) in [6, 6.07) is 6.44. The van der Waals surface area contributed by atoms with Crippen LogP contribution in [0.1, 0.15) is 37.9 Å². The molecule has 0 fully saturated rings.